The lowest BCUT2D eigenvalue weighted by atomic mass is 10.1. The molecule has 0 amide bonds. The molecule has 0 saturated carbocycles. The fraction of sp³-hybridized carbons (Fsp3) is 0. The van der Waals surface area contributed by atoms with Crippen molar-refractivity contribution in [3.63, 3.8) is 0 Å². The van der Waals surface area contributed by atoms with Gasteiger partial charge in [0.1, 0.15) is 5.01 Å². The predicted octanol–water partition coefficient (Wildman–Crippen LogP) is 5.94. The van der Waals surface area contributed by atoms with Crippen LogP contribution in [-0.2, 0) is 0 Å². The first-order chi connectivity index (χ1) is 9.31. The van der Waals surface area contributed by atoms with Gasteiger partial charge in [-0.25, -0.2) is 4.98 Å². The van der Waals surface area contributed by atoms with Crippen LogP contribution in [0, 0.1) is 0 Å². The third-order valence-electron chi connectivity index (χ3n) is 3.06. The maximum absolute atomic E-state index is 4.75. The average molecular weight is 346 g/mol. The predicted molar refractivity (Wildman–Crippen MR) is 88.1 cm³/mol. The van der Waals surface area contributed by atoms with Gasteiger partial charge in [0.15, 0.2) is 0 Å². The highest BCUT2D eigenvalue weighted by Crippen LogP contribution is 2.38. The van der Waals surface area contributed by atoms with Gasteiger partial charge in [-0.1, -0.05) is 30.3 Å². The molecule has 0 N–H and O–H groups in total. The molecule has 0 atom stereocenters. The molecule has 0 aliphatic rings. The van der Waals surface area contributed by atoms with E-state index in [0.29, 0.717) is 0 Å². The van der Waals surface area contributed by atoms with Crippen LogP contribution < -0.4 is 0 Å². The minimum absolute atomic E-state index is 1.09. The molecular formula is C15H8BrNS2. The molecule has 0 bridgehead atoms. The van der Waals surface area contributed by atoms with Crippen LogP contribution in [0.15, 0.2) is 52.3 Å². The summed E-state index contributed by atoms with van der Waals surface area (Å²) in [5.74, 6) is 0. The summed E-state index contributed by atoms with van der Waals surface area (Å²) in [6.07, 6.45) is 0. The van der Waals surface area contributed by atoms with Gasteiger partial charge in [-0.05, 0) is 39.5 Å². The molecule has 1 nitrogen and oxygen atoms in total. The molecular weight excluding hydrogens is 338 g/mol. The molecule has 2 aromatic carbocycles. The van der Waals surface area contributed by atoms with E-state index in [0.717, 1.165) is 14.3 Å². The maximum atomic E-state index is 4.75. The van der Waals surface area contributed by atoms with Crippen LogP contribution in [0.4, 0.5) is 0 Å². The molecule has 0 saturated heterocycles. The van der Waals surface area contributed by atoms with Crippen molar-refractivity contribution in [3.8, 4) is 9.88 Å². The van der Waals surface area contributed by atoms with E-state index in [1.54, 1.807) is 22.7 Å². The SMILES string of the molecule is Brc1ccc(-c2nc3ccc4ccccc4c3s2)s1. The van der Waals surface area contributed by atoms with Crippen molar-refractivity contribution in [2.45, 2.75) is 0 Å². The van der Waals surface area contributed by atoms with E-state index in [9.17, 15) is 0 Å². The Bertz CT molecular complexity index is 891. The van der Waals surface area contributed by atoms with Crippen molar-refractivity contribution < 1.29 is 0 Å². The third kappa shape index (κ3) is 1.91. The fourth-order valence-corrected chi connectivity index (χ4v) is 4.73. The van der Waals surface area contributed by atoms with Gasteiger partial charge in [0, 0.05) is 5.39 Å². The van der Waals surface area contributed by atoms with E-state index in [4.69, 9.17) is 4.98 Å². The molecule has 0 unspecified atom stereocenters. The summed E-state index contributed by atoms with van der Waals surface area (Å²) in [5, 5.41) is 3.67. The summed E-state index contributed by atoms with van der Waals surface area (Å²) in [6, 6.07) is 16.9. The number of thiophene rings is 1. The van der Waals surface area contributed by atoms with Crippen molar-refractivity contribution in [2.75, 3.05) is 0 Å². The molecule has 0 fully saturated rings. The zero-order valence-electron chi connectivity index (χ0n) is 9.76. The van der Waals surface area contributed by atoms with Crippen LogP contribution in [0.5, 0.6) is 0 Å². The van der Waals surface area contributed by atoms with Crippen molar-refractivity contribution >= 4 is 59.6 Å². The highest BCUT2D eigenvalue weighted by Gasteiger charge is 2.10. The molecule has 2 heterocycles. The summed E-state index contributed by atoms with van der Waals surface area (Å²) >= 11 is 7.01. The lowest BCUT2D eigenvalue weighted by Crippen LogP contribution is -1.72. The van der Waals surface area contributed by atoms with Crippen molar-refractivity contribution in [1.82, 2.24) is 4.98 Å². The molecule has 0 aliphatic carbocycles. The summed E-state index contributed by atoms with van der Waals surface area (Å²) in [7, 11) is 0. The first kappa shape index (κ1) is 11.6. The van der Waals surface area contributed by atoms with Crippen LogP contribution in [0.25, 0.3) is 30.9 Å². The van der Waals surface area contributed by atoms with Crippen LogP contribution in [-0.4, -0.2) is 4.98 Å². The van der Waals surface area contributed by atoms with E-state index in [-0.39, 0.29) is 0 Å². The van der Waals surface area contributed by atoms with Crippen molar-refractivity contribution in [2.24, 2.45) is 0 Å². The summed E-state index contributed by atoms with van der Waals surface area (Å²) in [4.78, 5) is 5.97. The van der Waals surface area contributed by atoms with Gasteiger partial charge in [-0.2, -0.15) is 0 Å². The number of hydrogen-bond acceptors (Lipinski definition) is 3. The Balaban J connectivity index is 2.03. The largest absolute Gasteiger partial charge is 0.235 e. The van der Waals surface area contributed by atoms with Crippen molar-refractivity contribution in [3.05, 3.63) is 52.3 Å². The molecule has 92 valence electrons. The van der Waals surface area contributed by atoms with Gasteiger partial charge >= 0.3 is 0 Å². The Morgan fingerprint density at radius 2 is 1.79 bits per heavy atom. The summed E-state index contributed by atoms with van der Waals surface area (Å²) in [5.41, 5.74) is 1.09. The zero-order valence-corrected chi connectivity index (χ0v) is 13.0. The quantitative estimate of drug-likeness (QED) is 0.416. The number of benzene rings is 2. The lowest BCUT2D eigenvalue weighted by Gasteiger charge is -1.96. The molecule has 19 heavy (non-hydrogen) atoms. The number of fused-ring (bicyclic) bond motifs is 3. The van der Waals surface area contributed by atoms with Gasteiger partial charge in [0.25, 0.3) is 0 Å². The number of hydrogen-bond donors (Lipinski definition) is 0. The Morgan fingerprint density at radius 1 is 0.895 bits per heavy atom. The molecule has 0 aliphatic heterocycles. The first-order valence-corrected chi connectivity index (χ1v) is 8.28. The third-order valence-corrected chi connectivity index (χ3v) is 5.96. The van der Waals surface area contributed by atoms with Crippen LogP contribution in [0.3, 0.4) is 0 Å². The van der Waals surface area contributed by atoms with Gasteiger partial charge in [-0.3, -0.25) is 0 Å². The van der Waals surface area contributed by atoms with E-state index in [1.807, 2.05) is 0 Å². The van der Waals surface area contributed by atoms with Crippen LogP contribution in [0.1, 0.15) is 0 Å². The summed E-state index contributed by atoms with van der Waals surface area (Å²) in [6.45, 7) is 0. The van der Waals surface area contributed by atoms with E-state index >= 15 is 0 Å². The highest BCUT2D eigenvalue weighted by atomic mass is 79.9. The van der Waals surface area contributed by atoms with E-state index in [2.05, 4.69) is 64.5 Å². The standard InChI is InChI=1S/C15H8BrNS2/c16-13-8-7-12(18-13)15-17-11-6-5-9-3-1-2-4-10(9)14(11)19-15/h1-8H. The molecule has 4 heteroatoms. The number of aromatic nitrogens is 1. The zero-order chi connectivity index (χ0) is 12.8. The molecule has 2 aromatic heterocycles. The highest BCUT2D eigenvalue weighted by molar-refractivity contribution is 9.11. The Labute approximate surface area is 126 Å². The van der Waals surface area contributed by atoms with Gasteiger partial charge in [0.05, 0.1) is 18.9 Å². The maximum Gasteiger partial charge on any atom is 0.134 e. The number of nitrogens with zero attached hydrogens (tertiary/aromatic N) is 1. The average Bonchev–Trinajstić information content (AvgIpc) is 3.04. The van der Waals surface area contributed by atoms with E-state index in [1.165, 1.54) is 20.3 Å². The van der Waals surface area contributed by atoms with Crippen molar-refractivity contribution in [1.29, 1.82) is 0 Å². The van der Waals surface area contributed by atoms with Gasteiger partial charge < -0.3 is 0 Å². The number of rotatable bonds is 1. The first-order valence-electron chi connectivity index (χ1n) is 5.85. The molecule has 4 rings (SSSR count). The monoisotopic (exact) mass is 345 g/mol. The second-order valence-corrected chi connectivity index (χ2v) is 7.72. The Kier molecular flexibility index (Phi) is 2.69. The molecule has 4 aromatic rings. The second-order valence-electron chi connectivity index (χ2n) is 4.26. The number of halogens is 1. The van der Waals surface area contributed by atoms with Gasteiger partial charge in [0.2, 0.25) is 0 Å². The fourth-order valence-electron chi connectivity index (χ4n) is 2.19. The lowest BCUT2D eigenvalue weighted by molar-refractivity contribution is 1.51. The second kappa shape index (κ2) is 4.40. The topological polar surface area (TPSA) is 12.9 Å². The minimum atomic E-state index is 1.09. The van der Waals surface area contributed by atoms with Crippen LogP contribution >= 0.6 is 38.6 Å². The Hall–Kier alpha value is -1.23. The summed E-state index contributed by atoms with van der Waals surface area (Å²) < 4.78 is 2.42. The Morgan fingerprint density at radius 3 is 2.63 bits per heavy atom. The minimum Gasteiger partial charge on any atom is -0.235 e. The van der Waals surface area contributed by atoms with E-state index < -0.39 is 0 Å². The smallest absolute Gasteiger partial charge is 0.134 e. The molecule has 0 spiro atoms. The molecule has 0 radical (unpaired) electrons. The van der Waals surface area contributed by atoms with Crippen LogP contribution in [0.2, 0.25) is 0 Å². The normalized spacial score (nSPS) is 11.4. The number of thiazole rings is 1. The van der Waals surface area contributed by atoms with Gasteiger partial charge in [-0.15, -0.1) is 22.7 Å².